The van der Waals surface area contributed by atoms with Gasteiger partial charge in [-0.1, -0.05) is 42.5 Å². The van der Waals surface area contributed by atoms with Gasteiger partial charge in [-0.15, -0.1) is 0 Å². The zero-order chi connectivity index (χ0) is 27.5. The number of aliphatic carboxylic acids is 1. The van der Waals surface area contributed by atoms with Crippen molar-refractivity contribution in [1.82, 2.24) is 16.0 Å². The molecule has 0 heterocycles. The topological polar surface area (TPSA) is 191 Å². The van der Waals surface area contributed by atoms with Gasteiger partial charge in [-0.25, -0.2) is 4.79 Å². The largest absolute Gasteiger partial charge is 0.508 e. The Bertz CT molecular complexity index is 1070. The third kappa shape index (κ3) is 9.41. The monoisotopic (exact) mass is 532 g/mol. The SMILES string of the molecule is CC(O)C(NC(=O)C(N)Cc1ccccc1)C(=O)NC(CS)C(=O)NC(Cc1ccc(O)cc1)C(=O)O. The zero-order valence-electron chi connectivity index (χ0n) is 20.2. The number of benzene rings is 2. The van der Waals surface area contributed by atoms with Crippen molar-refractivity contribution in [2.45, 2.75) is 50.0 Å². The molecule has 2 aromatic carbocycles. The highest BCUT2D eigenvalue weighted by Crippen LogP contribution is 2.12. The molecule has 200 valence electrons. The number of rotatable bonds is 13. The first kappa shape index (κ1) is 29.6. The summed E-state index contributed by atoms with van der Waals surface area (Å²) < 4.78 is 0. The van der Waals surface area contributed by atoms with Gasteiger partial charge in [-0.2, -0.15) is 12.6 Å². The van der Waals surface area contributed by atoms with Crippen LogP contribution in [0.2, 0.25) is 0 Å². The van der Waals surface area contributed by atoms with Gasteiger partial charge < -0.3 is 37.0 Å². The predicted octanol–water partition coefficient (Wildman–Crippen LogP) is -0.646. The van der Waals surface area contributed by atoms with Gasteiger partial charge in [0.25, 0.3) is 0 Å². The smallest absolute Gasteiger partial charge is 0.326 e. The Morgan fingerprint density at radius 2 is 1.41 bits per heavy atom. The summed E-state index contributed by atoms with van der Waals surface area (Å²) in [6.07, 6.45) is -1.18. The number of hydrogen-bond acceptors (Lipinski definition) is 8. The molecule has 11 nitrogen and oxygen atoms in total. The van der Waals surface area contributed by atoms with Crippen molar-refractivity contribution in [2.75, 3.05) is 5.75 Å². The summed E-state index contributed by atoms with van der Waals surface area (Å²) in [6, 6.07) is 9.86. The quantitative estimate of drug-likeness (QED) is 0.156. The maximum Gasteiger partial charge on any atom is 0.326 e. The molecule has 5 unspecified atom stereocenters. The van der Waals surface area contributed by atoms with Gasteiger partial charge in [0.1, 0.15) is 23.9 Å². The highest BCUT2D eigenvalue weighted by atomic mass is 32.1. The van der Waals surface area contributed by atoms with Crippen LogP contribution in [0.3, 0.4) is 0 Å². The van der Waals surface area contributed by atoms with Gasteiger partial charge in [-0.05, 0) is 36.6 Å². The van der Waals surface area contributed by atoms with Crippen LogP contribution in [0.25, 0.3) is 0 Å². The molecule has 0 saturated carbocycles. The molecular formula is C25H32N4O7S. The molecule has 8 N–H and O–H groups in total. The van der Waals surface area contributed by atoms with Crippen LogP contribution in [0.5, 0.6) is 5.75 Å². The van der Waals surface area contributed by atoms with E-state index >= 15 is 0 Å². The summed E-state index contributed by atoms with van der Waals surface area (Å²) in [4.78, 5) is 49.8. The van der Waals surface area contributed by atoms with E-state index in [-0.39, 0.29) is 24.3 Å². The lowest BCUT2D eigenvalue weighted by Gasteiger charge is -2.26. The first-order valence-corrected chi connectivity index (χ1v) is 12.1. The number of carboxylic acids is 1. The third-order valence-corrected chi connectivity index (χ3v) is 5.87. The second kappa shape index (κ2) is 14.2. The Kier molecular flexibility index (Phi) is 11.4. The van der Waals surface area contributed by atoms with Crippen LogP contribution < -0.4 is 21.7 Å². The number of nitrogens with one attached hydrogen (secondary N) is 3. The number of phenols is 1. The van der Waals surface area contributed by atoms with Crippen molar-refractivity contribution >= 4 is 36.3 Å². The van der Waals surface area contributed by atoms with E-state index in [1.165, 1.54) is 31.2 Å². The van der Waals surface area contributed by atoms with Crippen LogP contribution in [0.1, 0.15) is 18.1 Å². The van der Waals surface area contributed by atoms with Crippen molar-refractivity contribution in [3.63, 3.8) is 0 Å². The van der Waals surface area contributed by atoms with Crippen LogP contribution in [0, 0.1) is 0 Å². The molecule has 0 aliphatic rings. The van der Waals surface area contributed by atoms with Crippen LogP contribution in [0.4, 0.5) is 0 Å². The molecule has 0 aliphatic heterocycles. The number of aliphatic hydroxyl groups is 1. The molecule has 0 saturated heterocycles. The van der Waals surface area contributed by atoms with E-state index in [1.807, 2.05) is 6.07 Å². The molecule has 0 aromatic heterocycles. The number of hydrogen-bond donors (Lipinski definition) is 8. The highest BCUT2D eigenvalue weighted by molar-refractivity contribution is 7.80. The molecule has 5 atom stereocenters. The Morgan fingerprint density at radius 3 is 1.95 bits per heavy atom. The van der Waals surface area contributed by atoms with Crippen LogP contribution in [-0.2, 0) is 32.0 Å². The fourth-order valence-electron chi connectivity index (χ4n) is 3.42. The Morgan fingerprint density at radius 1 is 0.838 bits per heavy atom. The second-order valence-electron chi connectivity index (χ2n) is 8.54. The molecule has 0 fully saturated rings. The molecule has 12 heteroatoms. The normalized spacial score (nSPS) is 14.9. The first-order chi connectivity index (χ1) is 17.5. The van der Waals surface area contributed by atoms with Crippen LogP contribution in [0.15, 0.2) is 54.6 Å². The first-order valence-electron chi connectivity index (χ1n) is 11.5. The maximum absolute atomic E-state index is 12.8. The number of thiol groups is 1. The van der Waals surface area contributed by atoms with Crippen LogP contribution >= 0.6 is 12.6 Å². The molecule has 0 aliphatic carbocycles. The standard InChI is InChI=1S/C25H32N4O7S/c1-14(30)21(29-22(32)18(26)11-15-5-3-2-4-6-15)24(34)28-20(13-37)23(33)27-19(25(35)36)12-16-7-9-17(31)10-8-16/h2-10,14,18-21,30-31,37H,11-13,26H2,1H3,(H,27,33)(H,28,34)(H,29,32)(H,35,36). The fourth-order valence-corrected chi connectivity index (χ4v) is 3.68. The van der Waals surface area contributed by atoms with E-state index in [9.17, 15) is 34.5 Å². The van der Waals surface area contributed by atoms with Crippen molar-refractivity contribution < 1.29 is 34.5 Å². The van der Waals surface area contributed by atoms with Crippen molar-refractivity contribution in [1.29, 1.82) is 0 Å². The summed E-state index contributed by atoms with van der Waals surface area (Å²) in [6.45, 7) is 1.29. The fraction of sp³-hybridized carbons (Fsp3) is 0.360. The van der Waals surface area contributed by atoms with Gasteiger partial charge in [0.05, 0.1) is 12.1 Å². The van der Waals surface area contributed by atoms with Gasteiger partial charge in [0, 0.05) is 12.2 Å². The van der Waals surface area contributed by atoms with Gasteiger partial charge in [-0.3, -0.25) is 14.4 Å². The van der Waals surface area contributed by atoms with E-state index in [4.69, 9.17) is 5.73 Å². The Labute approximate surface area is 219 Å². The second-order valence-corrected chi connectivity index (χ2v) is 8.90. The van der Waals surface area contributed by atoms with Gasteiger partial charge >= 0.3 is 5.97 Å². The lowest BCUT2D eigenvalue weighted by molar-refractivity contribution is -0.142. The minimum atomic E-state index is -1.42. The van der Waals surface area contributed by atoms with Crippen LogP contribution in [-0.4, -0.2) is 75.0 Å². The lowest BCUT2D eigenvalue weighted by Crippen LogP contribution is -2.60. The molecule has 3 amide bonds. The summed E-state index contributed by atoms with van der Waals surface area (Å²) in [5, 5.41) is 36.2. The lowest BCUT2D eigenvalue weighted by atomic mass is 10.0. The molecule has 2 rings (SSSR count). The predicted molar refractivity (Wildman–Crippen MR) is 139 cm³/mol. The molecular weight excluding hydrogens is 500 g/mol. The molecule has 0 spiro atoms. The third-order valence-electron chi connectivity index (χ3n) is 5.50. The number of aromatic hydroxyl groups is 1. The zero-order valence-corrected chi connectivity index (χ0v) is 21.1. The van der Waals surface area contributed by atoms with Crippen molar-refractivity contribution in [3.8, 4) is 5.75 Å². The number of amides is 3. The van der Waals surface area contributed by atoms with Crippen molar-refractivity contribution in [2.24, 2.45) is 5.73 Å². The van der Waals surface area contributed by atoms with Gasteiger partial charge in [0.2, 0.25) is 17.7 Å². The molecule has 37 heavy (non-hydrogen) atoms. The number of phenolic OH excluding ortho intramolecular Hbond substituents is 1. The van der Waals surface area contributed by atoms with E-state index in [1.54, 1.807) is 24.3 Å². The highest BCUT2D eigenvalue weighted by Gasteiger charge is 2.32. The summed E-state index contributed by atoms with van der Waals surface area (Å²) in [5.74, 6) is -3.82. The van der Waals surface area contributed by atoms with Crippen molar-refractivity contribution in [3.05, 3.63) is 65.7 Å². The molecule has 2 aromatic rings. The Balaban J connectivity index is 2.01. The minimum Gasteiger partial charge on any atom is -0.508 e. The summed E-state index contributed by atoms with van der Waals surface area (Å²) in [7, 11) is 0. The average Bonchev–Trinajstić information content (AvgIpc) is 2.86. The number of aliphatic hydroxyl groups excluding tert-OH is 1. The van der Waals surface area contributed by atoms with E-state index in [0.717, 1.165) is 5.56 Å². The van der Waals surface area contributed by atoms with E-state index in [2.05, 4.69) is 28.6 Å². The van der Waals surface area contributed by atoms with E-state index < -0.39 is 54.0 Å². The number of carboxylic acid groups (broad SMARTS) is 1. The minimum absolute atomic E-state index is 0.0123. The summed E-state index contributed by atoms with van der Waals surface area (Å²) in [5.41, 5.74) is 7.33. The molecule has 0 bridgehead atoms. The summed E-state index contributed by atoms with van der Waals surface area (Å²) >= 11 is 4.07. The molecule has 0 radical (unpaired) electrons. The number of carbonyl (C=O) groups is 4. The number of nitrogens with two attached hydrogens (primary N) is 1. The maximum atomic E-state index is 12.8. The Hall–Kier alpha value is -3.61. The average molecular weight is 533 g/mol. The van der Waals surface area contributed by atoms with Gasteiger partial charge in [0.15, 0.2) is 0 Å². The van der Waals surface area contributed by atoms with E-state index in [0.29, 0.717) is 5.56 Å². The number of carbonyl (C=O) groups excluding carboxylic acids is 3.